The highest BCUT2D eigenvalue weighted by Gasteiger charge is 2.33. The van der Waals surface area contributed by atoms with Crippen LogP contribution < -0.4 is 4.90 Å². The molecule has 0 amide bonds. The number of carbonyl (C=O) groups is 1. The van der Waals surface area contributed by atoms with Crippen molar-refractivity contribution in [3.63, 3.8) is 0 Å². The molecule has 1 aliphatic heterocycles. The first kappa shape index (κ1) is 22.2. The fourth-order valence-corrected chi connectivity index (χ4v) is 3.83. The highest BCUT2D eigenvalue weighted by atomic mass is 19.4. The van der Waals surface area contributed by atoms with Gasteiger partial charge in [0, 0.05) is 49.5 Å². The molecule has 0 bridgehead atoms. The lowest BCUT2D eigenvalue weighted by molar-refractivity contribution is -0.135. The van der Waals surface area contributed by atoms with E-state index in [0.29, 0.717) is 47.5 Å². The SMILES string of the molecule is O=CC1(O)CCN(c2nc(CCCC(F)(F)F)cnc2-c2cc(F)c3occc3c2)CC1. The van der Waals surface area contributed by atoms with Gasteiger partial charge in [0.25, 0.3) is 0 Å². The number of piperidine rings is 1. The van der Waals surface area contributed by atoms with Crippen molar-refractivity contribution in [1.82, 2.24) is 9.97 Å². The first-order valence-electron chi connectivity index (χ1n) is 10.2. The summed E-state index contributed by atoms with van der Waals surface area (Å²) in [4.78, 5) is 21.9. The Morgan fingerprint density at radius 3 is 2.69 bits per heavy atom. The Hall–Kier alpha value is -3.01. The molecule has 1 N–H and O–H groups in total. The largest absolute Gasteiger partial charge is 0.461 e. The zero-order valence-corrected chi connectivity index (χ0v) is 17.0. The molecule has 0 atom stereocenters. The third kappa shape index (κ3) is 4.74. The van der Waals surface area contributed by atoms with Gasteiger partial charge in [0.05, 0.1) is 12.0 Å². The van der Waals surface area contributed by atoms with E-state index in [1.165, 1.54) is 18.5 Å². The molecule has 1 fully saturated rings. The number of hydrogen-bond acceptors (Lipinski definition) is 6. The van der Waals surface area contributed by atoms with Crippen molar-refractivity contribution in [2.45, 2.75) is 43.9 Å². The number of aliphatic hydroxyl groups is 1. The lowest BCUT2D eigenvalue weighted by atomic mass is 9.93. The minimum Gasteiger partial charge on any atom is -0.461 e. The van der Waals surface area contributed by atoms with E-state index in [4.69, 9.17) is 4.42 Å². The van der Waals surface area contributed by atoms with Gasteiger partial charge in [-0.25, -0.2) is 9.37 Å². The number of hydrogen-bond donors (Lipinski definition) is 1. The molecule has 0 unspecified atom stereocenters. The fraction of sp³-hybridized carbons (Fsp3) is 0.409. The van der Waals surface area contributed by atoms with E-state index in [-0.39, 0.29) is 31.3 Å². The number of halogens is 4. The Labute approximate surface area is 180 Å². The van der Waals surface area contributed by atoms with E-state index in [2.05, 4.69) is 9.97 Å². The smallest absolute Gasteiger partial charge is 0.389 e. The summed E-state index contributed by atoms with van der Waals surface area (Å²) in [6.45, 7) is 0.582. The van der Waals surface area contributed by atoms with Gasteiger partial charge in [-0.2, -0.15) is 13.2 Å². The maximum absolute atomic E-state index is 14.5. The van der Waals surface area contributed by atoms with Gasteiger partial charge in [0.15, 0.2) is 23.5 Å². The number of nitrogens with zero attached hydrogens (tertiary/aromatic N) is 3. The average molecular weight is 451 g/mol. The van der Waals surface area contributed by atoms with Gasteiger partial charge in [-0.1, -0.05) is 0 Å². The second-order valence-corrected chi connectivity index (χ2v) is 8.01. The van der Waals surface area contributed by atoms with Crippen molar-refractivity contribution in [3.05, 3.63) is 42.2 Å². The van der Waals surface area contributed by atoms with Crippen molar-refractivity contribution in [2.24, 2.45) is 0 Å². The van der Waals surface area contributed by atoms with Crippen molar-refractivity contribution < 1.29 is 31.9 Å². The van der Waals surface area contributed by atoms with E-state index >= 15 is 0 Å². The first-order valence-corrected chi connectivity index (χ1v) is 10.2. The van der Waals surface area contributed by atoms with Crippen LogP contribution >= 0.6 is 0 Å². The summed E-state index contributed by atoms with van der Waals surface area (Å²) in [7, 11) is 0. The maximum atomic E-state index is 14.5. The minimum absolute atomic E-state index is 0.0844. The molecule has 170 valence electrons. The van der Waals surface area contributed by atoms with Crippen LogP contribution in [0.4, 0.5) is 23.4 Å². The van der Waals surface area contributed by atoms with Crippen LogP contribution in [0.5, 0.6) is 0 Å². The van der Waals surface area contributed by atoms with Crippen molar-refractivity contribution in [2.75, 3.05) is 18.0 Å². The predicted molar refractivity (Wildman–Crippen MR) is 109 cm³/mol. The van der Waals surface area contributed by atoms with Crippen LogP contribution in [0.1, 0.15) is 31.4 Å². The molecular formula is C22H21F4N3O3. The van der Waals surface area contributed by atoms with Gasteiger partial charge < -0.3 is 19.2 Å². The summed E-state index contributed by atoms with van der Waals surface area (Å²) in [5.74, 6) is -0.191. The number of benzene rings is 1. The molecule has 0 spiro atoms. The number of carbonyl (C=O) groups excluding carboxylic acids is 1. The second kappa shape index (κ2) is 8.50. The minimum atomic E-state index is -4.25. The third-order valence-electron chi connectivity index (χ3n) is 5.62. The molecule has 1 saturated heterocycles. The number of fused-ring (bicyclic) bond motifs is 1. The molecule has 1 aliphatic rings. The lowest BCUT2D eigenvalue weighted by Gasteiger charge is -2.36. The summed E-state index contributed by atoms with van der Waals surface area (Å²) in [6, 6.07) is 4.59. The van der Waals surface area contributed by atoms with E-state index < -0.39 is 24.0 Å². The van der Waals surface area contributed by atoms with Crippen molar-refractivity contribution >= 4 is 23.1 Å². The van der Waals surface area contributed by atoms with Gasteiger partial charge >= 0.3 is 6.18 Å². The molecule has 6 nitrogen and oxygen atoms in total. The Balaban J connectivity index is 1.69. The molecule has 32 heavy (non-hydrogen) atoms. The van der Waals surface area contributed by atoms with Crippen LogP contribution in [0.15, 0.2) is 35.1 Å². The number of aldehydes is 1. The van der Waals surface area contributed by atoms with Crippen LogP contribution in [-0.2, 0) is 11.2 Å². The van der Waals surface area contributed by atoms with Gasteiger partial charge in [0.2, 0.25) is 0 Å². The predicted octanol–water partition coefficient (Wildman–Crippen LogP) is 4.44. The van der Waals surface area contributed by atoms with Gasteiger partial charge in [-0.15, -0.1) is 0 Å². The number of alkyl halides is 3. The number of furan rings is 1. The summed E-state index contributed by atoms with van der Waals surface area (Å²) in [5, 5.41) is 10.7. The molecule has 4 rings (SSSR count). The lowest BCUT2D eigenvalue weighted by Crippen LogP contribution is -2.46. The van der Waals surface area contributed by atoms with Crippen molar-refractivity contribution in [3.8, 4) is 11.3 Å². The fourth-order valence-electron chi connectivity index (χ4n) is 3.83. The molecule has 0 radical (unpaired) electrons. The van der Waals surface area contributed by atoms with E-state index in [1.54, 1.807) is 12.1 Å². The monoisotopic (exact) mass is 451 g/mol. The molecule has 0 aliphatic carbocycles. The Kier molecular flexibility index (Phi) is 5.89. The molecule has 3 heterocycles. The Morgan fingerprint density at radius 2 is 2.00 bits per heavy atom. The van der Waals surface area contributed by atoms with Gasteiger partial charge in [0.1, 0.15) is 11.3 Å². The third-order valence-corrected chi connectivity index (χ3v) is 5.62. The average Bonchev–Trinajstić information content (AvgIpc) is 3.23. The summed E-state index contributed by atoms with van der Waals surface area (Å²) in [5.41, 5.74) is -0.119. The number of rotatable bonds is 6. The molecule has 3 aromatic rings. The molecular weight excluding hydrogens is 430 g/mol. The van der Waals surface area contributed by atoms with Crippen LogP contribution in [-0.4, -0.2) is 46.2 Å². The summed E-state index contributed by atoms with van der Waals surface area (Å²) < 4.78 is 57.2. The van der Waals surface area contributed by atoms with E-state index in [1.807, 2.05) is 4.90 Å². The number of anilines is 1. The second-order valence-electron chi connectivity index (χ2n) is 8.01. The molecule has 2 aromatic heterocycles. The van der Waals surface area contributed by atoms with E-state index in [9.17, 15) is 27.5 Å². The highest BCUT2D eigenvalue weighted by Crippen LogP contribution is 2.34. The van der Waals surface area contributed by atoms with Crippen molar-refractivity contribution in [1.29, 1.82) is 0 Å². The zero-order valence-electron chi connectivity index (χ0n) is 17.0. The number of aromatic nitrogens is 2. The number of aryl methyl sites for hydroxylation is 1. The first-order chi connectivity index (χ1) is 15.2. The zero-order chi connectivity index (χ0) is 22.9. The molecule has 1 aromatic carbocycles. The standard InChI is InChI=1S/C22H21F4N3O3/c23-17-11-15(10-14-3-9-32-19(14)17)18-20(29-7-5-21(31,13-30)6-8-29)28-16(12-27-18)2-1-4-22(24,25)26/h3,9-13,31H,1-2,4-8H2. The Bertz CT molecular complexity index is 1120. The van der Waals surface area contributed by atoms with Gasteiger partial charge in [-0.3, -0.25) is 4.98 Å². The van der Waals surface area contributed by atoms with Crippen LogP contribution in [0.25, 0.3) is 22.2 Å². The highest BCUT2D eigenvalue weighted by molar-refractivity contribution is 5.85. The Morgan fingerprint density at radius 1 is 1.25 bits per heavy atom. The van der Waals surface area contributed by atoms with Crippen LogP contribution in [0, 0.1) is 5.82 Å². The van der Waals surface area contributed by atoms with Gasteiger partial charge in [-0.05, 0) is 31.0 Å². The molecule has 10 heteroatoms. The van der Waals surface area contributed by atoms with Crippen LogP contribution in [0.3, 0.4) is 0 Å². The topological polar surface area (TPSA) is 79.5 Å². The maximum Gasteiger partial charge on any atom is 0.389 e. The normalized spacial score (nSPS) is 16.5. The summed E-state index contributed by atoms with van der Waals surface area (Å²) in [6.07, 6.45) is -1.58. The van der Waals surface area contributed by atoms with E-state index in [0.717, 1.165) is 0 Å². The van der Waals surface area contributed by atoms with Crippen LogP contribution in [0.2, 0.25) is 0 Å². The quantitative estimate of drug-likeness (QED) is 0.441. The summed E-state index contributed by atoms with van der Waals surface area (Å²) >= 11 is 0. The molecule has 0 saturated carbocycles.